The van der Waals surface area contributed by atoms with E-state index in [2.05, 4.69) is 24.0 Å². The molecule has 0 amide bonds. The Morgan fingerprint density at radius 1 is 1.39 bits per heavy atom. The molecule has 18 heavy (non-hydrogen) atoms. The molecule has 0 saturated heterocycles. The van der Waals surface area contributed by atoms with Crippen molar-refractivity contribution >= 4 is 12.2 Å². The average molecular weight is 265 g/mol. The molecule has 0 radical (unpaired) electrons. The minimum Gasteiger partial charge on any atom is -0.508 e. The van der Waals surface area contributed by atoms with Crippen molar-refractivity contribution in [3.05, 3.63) is 23.0 Å². The van der Waals surface area contributed by atoms with Crippen LogP contribution in [0.4, 0.5) is 0 Å². The van der Waals surface area contributed by atoms with E-state index in [1.54, 1.807) is 0 Å². The average Bonchev–Trinajstić information content (AvgIpc) is 2.64. The molecule has 2 rings (SSSR count). The summed E-state index contributed by atoms with van der Waals surface area (Å²) in [5, 5.41) is 26.2. The van der Waals surface area contributed by atoms with Gasteiger partial charge in [0, 0.05) is 6.54 Å². The fourth-order valence-corrected chi connectivity index (χ4v) is 1.97. The zero-order valence-electron chi connectivity index (χ0n) is 10.2. The Morgan fingerprint density at radius 2 is 2.11 bits per heavy atom. The summed E-state index contributed by atoms with van der Waals surface area (Å²) in [6, 6.07) is 4.33. The van der Waals surface area contributed by atoms with Gasteiger partial charge in [-0.3, -0.25) is 9.67 Å². The molecule has 2 aromatic rings. The Bertz CT molecular complexity index is 616. The van der Waals surface area contributed by atoms with Crippen molar-refractivity contribution in [3.8, 4) is 22.9 Å². The van der Waals surface area contributed by atoms with Crippen LogP contribution in [-0.4, -0.2) is 25.0 Å². The van der Waals surface area contributed by atoms with Crippen molar-refractivity contribution in [2.75, 3.05) is 0 Å². The maximum atomic E-state index is 9.84. The molecule has 0 aliphatic carbocycles. The predicted octanol–water partition coefficient (Wildman–Crippen LogP) is 2.67. The number of benzene rings is 1. The Balaban J connectivity index is 2.57. The second kappa shape index (κ2) is 4.81. The second-order valence-corrected chi connectivity index (χ2v) is 4.94. The number of hydrogen-bond acceptors (Lipinski definition) is 4. The van der Waals surface area contributed by atoms with Gasteiger partial charge in [-0.1, -0.05) is 13.8 Å². The molecule has 1 aromatic carbocycles. The third-order valence-corrected chi connectivity index (χ3v) is 2.84. The number of nitrogens with zero attached hydrogens (tertiary/aromatic N) is 2. The van der Waals surface area contributed by atoms with Crippen LogP contribution in [0.1, 0.15) is 13.8 Å². The van der Waals surface area contributed by atoms with Gasteiger partial charge in [-0.25, -0.2) is 0 Å². The van der Waals surface area contributed by atoms with Gasteiger partial charge in [0.2, 0.25) is 0 Å². The van der Waals surface area contributed by atoms with Crippen molar-refractivity contribution in [1.29, 1.82) is 0 Å². The second-order valence-electron chi connectivity index (χ2n) is 4.56. The lowest BCUT2D eigenvalue weighted by atomic mass is 10.1. The maximum absolute atomic E-state index is 9.84. The van der Waals surface area contributed by atoms with Gasteiger partial charge in [0.1, 0.15) is 11.5 Å². The van der Waals surface area contributed by atoms with Crippen LogP contribution in [0.3, 0.4) is 0 Å². The molecule has 96 valence electrons. The highest BCUT2D eigenvalue weighted by molar-refractivity contribution is 7.71. The summed E-state index contributed by atoms with van der Waals surface area (Å²) in [6.45, 7) is 4.83. The van der Waals surface area contributed by atoms with Crippen molar-refractivity contribution in [3.63, 3.8) is 0 Å². The Labute approximate surface area is 110 Å². The molecule has 6 heteroatoms. The van der Waals surface area contributed by atoms with E-state index in [9.17, 15) is 10.2 Å². The van der Waals surface area contributed by atoms with Crippen molar-refractivity contribution < 1.29 is 10.2 Å². The first-order valence-electron chi connectivity index (χ1n) is 5.66. The number of phenolic OH excluding ortho intramolecular Hbond substituents is 2. The first-order chi connectivity index (χ1) is 8.49. The van der Waals surface area contributed by atoms with E-state index in [4.69, 9.17) is 12.2 Å². The van der Waals surface area contributed by atoms with Gasteiger partial charge in [-0.2, -0.15) is 5.10 Å². The molecule has 1 aromatic heterocycles. The summed E-state index contributed by atoms with van der Waals surface area (Å²) in [4.78, 5) is 0. The molecular formula is C12H15N3O2S. The summed E-state index contributed by atoms with van der Waals surface area (Å²) in [5.74, 6) is 1.06. The van der Waals surface area contributed by atoms with E-state index in [-0.39, 0.29) is 11.5 Å². The van der Waals surface area contributed by atoms with Crippen LogP contribution in [0.5, 0.6) is 11.5 Å². The van der Waals surface area contributed by atoms with Crippen LogP contribution >= 0.6 is 12.2 Å². The van der Waals surface area contributed by atoms with Crippen LogP contribution in [0.15, 0.2) is 18.2 Å². The highest BCUT2D eigenvalue weighted by atomic mass is 32.1. The smallest absolute Gasteiger partial charge is 0.195 e. The lowest BCUT2D eigenvalue weighted by Crippen LogP contribution is -2.06. The number of aromatic amines is 1. The number of aromatic hydroxyl groups is 2. The predicted molar refractivity (Wildman–Crippen MR) is 71.0 cm³/mol. The molecule has 0 spiro atoms. The van der Waals surface area contributed by atoms with Gasteiger partial charge in [0.15, 0.2) is 10.6 Å². The van der Waals surface area contributed by atoms with E-state index >= 15 is 0 Å². The van der Waals surface area contributed by atoms with E-state index in [0.29, 0.717) is 28.6 Å². The van der Waals surface area contributed by atoms with Crippen LogP contribution in [0, 0.1) is 10.7 Å². The lowest BCUT2D eigenvalue weighted by Gasteiger charge is -2.10. The Kier molecular flexibility index (Phi) is 3.38. The molecule has 0 unspecified atom stereocenters. The molecule has 1 heterocycles. The fourth-order valence-electron chi connectivity index (χ4n) is 1.76. The largest absolute Gasteiger partial charge is 0.508 e. The van der Waals surface area contributed by atoms with Gasteiger partial charge in [-0.05, 0) is 36.3 Å². The molecule has 5 nitrogen and oxygen atoms in total. The number of H-pyrrole nitrogens is 1. The zero-order chi connectivity index (χ0) is 13.3. The first-order valence-corrected chi connectivity index (χ1v) is 6.07. The van der Waals surface area contributed by atoms with Crippen LogP contribution in [0.25, 0.3) is 11.4 Å². The van der Waals surface area contributed by atoms with Gasteiger partial charge < -0.3 is 10.2 Å². The minimum atomic E-state index is 0.0619. The summed E-state index contributed by atoms with van der Waals surface area (Å²) in [7, 11) is 0. The zero-order valence-corrected chi connectivity index (χ0v) is 11.0. The standard InChI is InChI=1S/C12H15N3O2S/c1-7(2)6-15-11(13-14-12(15)18)9-5-8(16)3-4-10(9)17/h3-5,7,16-17H,6H2,1-2H3,(H,14,18). The molecular weight excluding hydrogens is 250 g/mol. The number of aromatic nitrogens is 3. The van der Waals surface area contributed by atoms with Gasteiger partial charge >= 0.3 is 0 Å². The van der Waals surface area contributed by atoms with Crippen LogP contribution in [-0.2, 0) is 6.54 Å². The van der Waals surface area contributed by atoms with Crippen LogP contribution < -0.4 is 0 Å². The highest BCUT2D eigenvalue weighted by Crippen LogP contribution is 2.31. The maximum Gasteiger partial charge on any atom is 0.195 e. The molecule has 0 bridgehead atoms. The summed E-state index contributed by atoms with van der Waals surface area (Å²) < 4.78 is 2.32. The minimum absolute atomic E-state index is 0.0619. The molecule has 0 atom stereocenters. The molecule has 0 aliphatic heterocycles. The molecule has 3 N–H and O–H groups in total. The Morgan fingerprint density at radius 3 is 2.78 bits per heavy atom. The number of nitrogens with one attached hydrogen (secondary N) is 1. The molecule has 0 fully saturated rings. The third-order valence-electron chi connectivity index (χ3n) is 2.53. The lowest BCUT2D eigenvalue weighted by molar-refractivity contribution is 0.460. The number of phenols is 2. The summed E-state index contributed by atoms with van der Waals surface area (Å²) in [5.41, 5.74) is 0.461. The topological polar surface area (TPSA) is 74.1 Å². The first kappa shape index (κ1) is 12.6. The van der Waals surface area contributed by atoms with Gasteiger partial charge in [0.25, 0.3) is 0 Å². The van der Waals surface area contributed by atoms with Crippen molar-refractivity contribution in [2.45, 2.75) is 20.4 Å². The van der Waals surface area contributed by atoms with E-state index < -0.39 is 0 Å². The quantitative estimate of drug-likeness (QED) is 0.589. The number of hydrogen-bond donors (Lipinski definition) is 3. The van der Waals surface area contributed by atoms with Crippen molar-refractivity contribution in [2.24, 2.45) is 5.92 Å². The number of rotatable bonds is 3. The normalized spacial score (nSPS) is 11.1. The highest BCUT2D eigenvalue weighted by Gasteiger charge is 2.14. The van der Waals surface area contributed by atoms with Gasteiger partial charge in [-0.15, -0.1) is 0 Å². The summed E-state index contributed by atoms with van der Waals surface area (Å²) >= 11 is 5.17. The van der Waals surface area contributed by atoms with E-state index in [1.807, 2.05) is 4.57 Å². The van der Waals surface area contributed by atoms with Gasteiger partial charge in [0.05, 0.1) is 5.56 Å². The van der Waals surface area contributed by atoms with E-state index in [1.165, 1.54) is 18.2 Å². The fraction of sp³-hybridized carbons (Fsp3) is 0.333. The Hall–Kier alpha value is -1.82. The van der Waals surface area contributed by atoms with Crippen molar-refractivity contribution in [1.82, 2.24) is 14.8 Å². The molecule has 0 saturated carbocycles. The molecule has 0 aliphatic rings. The van der Waals surface area contributed by atoms with E-state index in [0.717, 1.165) is 0 Å². The monoisotopic (exact) mass is 265 g/mol. The third kappa shape index (κ3) is 2.38. The van der Waals surface area contributed by atoms with Crippen LogP contribution in [0.2, 0.25) is 0 Å². The summed E-state index contributed by atoms with van der Waals surface area (Å²) in [6.07, 6.45) is 0. The SMILES string of the molecule is CC(C)Cn1c(-c2cc(O)ccc2O)n[nH]c1=S.